The van der Waals surface area contributed by atoms with Crippen molar-refractivity contribution in [3.63, 3.8) is 0 Å². The third-order valence-electron chi connectivity index (χ3n) is 4.66. The number of hydrogen-bond acceptors (Lipinski definition) is 5. The molecule has 0 saturated heterocycles. The number of likely N-dealkylation sites (N-methyl/N-ethyl adjacent to an activating group) is 1. The van der Waals surface area contributed by atoms with E-state index in [1.54, 1.807) is 26.2 Å². The van der Waals surface area contributed by atoms with E-state index in [0.717, 1.165) is 17.8 Å². The number of carbonyl (C=O) groups excluding carboxylic acids is 1. The zero-order chi connectivity index (χ0) is 20.8. The summed E-state index contributed by atoms with van der Waals surface area (Å²) in [5.41, 5.74) is 0.388. The fraction of sp³-hybridized carbons (Fsp3) is 0.300. The zero-order valence-electron chi connectivity index (χ0n) is 15.7. The molecule has 1 aromatic heterocycles. The van der Waals surface area contributed by atoms with Crippen LogP contribution in [-0.2, 0) is 17.5 Å². The molecule has 1 amide bonds. The quantitative estimate of drug-likeness (QED) is 0.665. The van der Waals surface area contributed by atoms with Crippen LogP contribution in [0.2, 0.25) is 0 Å². The monoisotopic (exact) mass is 405 g/mol. The van der Waals surface area contributed by atoms with Crippen LogP contribution >= 0.6 is 0 Å². The summed E-state index contributed by atoms with van der Waals surface area (Å²) in [6.45, 7) is 0.453. The maximum absolute atomic E-state index is 12.9. The van der Waals surface area contributed by atoms with Crippen LogP contribution in [0, 0.1) is 0 Å². The number of carbonyl (C=O) groups is 1. The van der Waals surface area contributed by atoms with Crippen LogP contribution in [0.1, 0.15) is 11.5 Å². The fourth-order valence-corrected chi connectivity index (χ4v) is 3.26. The standard InChI is InChI=1S/C20H18F3N3O3/c1-25(2)19(27)17-10-26(14-5-3-4-6-16(14)28-17)11-18-24-13-9-12(20(21,22)23)7-8-15(13)29-18/h3-9,17H,10-11H2,1-2H3/t17-/m1/s1. The molecule has 6 nitrogen and oxygen atoms in total. The molecule has 1 atom stereocenters. The number of amides is 1. The van der Waals surface area contributed by atoms with Crippen molar-refractivity contribution in [3.8, 4) is 5.75 Å². The van der Waals surface area contributed by atoms with Crippen molar-refractivity contribution in [2.24, 2.45) is 0 Å². The highest BCUT2D eigenvalue weighted by molar-refractivity contribution is 5.83. The van der Waals surface area contributed by atoms with Gasteiger partial charge in [0.15, 0.2) is 11.7 Å². The second-order valence-electron chi connectivity index (χ2n) is 6.98. The van der Waals surface area contributed by atoms with Gasteiger partial charge in [0.1, 0.15) is 11.3 Å². The first-order valence-corrected chi connectivity index (χ1v) is 8.91. The van der Waals surface area contributed by atoms with Crippen molar-refractivity contribution < 1.29 is 27.1 Å². The summed E-state index contributed by atoms with van der Waals surface area (Å²) in [6, 6.07) is 10.4. The summed E-state index contributed by atoms with van der Waals surface area (Å²) >= 11 is 0. The molecule has 1 aliphatic heterocycles. The number of nitrogens with zero attached hydrogens (tertiary/aromatic N) is 3. The lowest BCUT2D eigenvalue weighted by molar-refractivity contribution is -0.137. The molecule has 0 bridgehead atoms. The lowest BCUT2D eigenvalue weighted by Crippen LogP contribution is -2.48. The van der Waals surface area contributed by atoms with E-state index in [1.807, 2.05) is 17.0 Å². The Morgan fingerprint density at radius 1 is 1.24 bits per heavy atom. The summed E-state index contributed by atoms with van der Waals surface area (Å²) in [5.74, 6) is 0.624. The van der Waals surface area contributed by atoms with Crippen molar-refractivity contribution in [1.29, 1.82) is 0 Å². The van der Waals surface area contributed by atoms with E-state index in [2.05, 4.69) is 4.98 Å². The first-order valence-electron chi connectivity index (χ1n) is 8.91. The summed E-state index contributed by atoms with van der Waals surface area (Å²) in [6.07, 6.45) is -5.16. The molecule has 4 rings (SSSR count). The molecular formula is C20H18F3N3O3. The predicted octanol–water partition coefficient (Wildman–Crippen LogP) is 3.70. The Balaban J connectivity index is 1.64. The molecule has 0 spiro atoms. The Bertz CT molecular complexity index is 1060. The number of benzene rings is 2. The van der Waals surface area contributed by atoms with Crippen LogP contribution in [0.3, 0.4) is 0 Å². The van der Waals surface area contributed by atoms with E-state index in [1.165, 1.54) is 11.0 Å². The van der Waals surface area contributed by atoms with E-state index in [4.69, 9.17) is 9.15 Å². The summed E-state index contributed by atoms with van der Waals surface area (Å²) in [4.78, 5) is 19.9. The van der Waals surface area contributed by atoms with E-state index in [9.17, 15) is 18.0 Å². The molecule has 29 heavy (non-hydrogen) atoms. The van der Waals surface area contributed by atoms with Crippen molar-refractivity contribution in [3.05, 3.63) is 53.9 Å². The highest BCUT2D eigenvalue weighted by Crippen LogP contribution is 2.35. The molecule has 0 aliphatic carbocycles. The second-order valence-corrected chi connectivity index (χ2v) is 6.98. The van der Waals surface area contributed by atoms with Crippen molar-refractivity contribution in [2.45, 2.75) is 18.8 Å². The van der Waals surface area contributed by atoms with Crippen LogP contribution < -0.4 is 9.64 Å². The molecule has 1 aliphatic rings. The molecular weight excluding hydrogens is 387 g/mol. The number of hydrogen-bond donors (Lipinski definition) is 0. The molecule has 2 heterocycles. The van der Waals surface area contributed by atoms with E-state index in [0.29, 0.717) is 5.75 Å². The Hall–Kier alpha value is -3.23. The van der Waals surface area contributed by atoms with E-state index >= 15 is 0 Å². The lowest BCUT2D eigenvalue weighted by Gasteiger charge is -2.35. The molecule has 0 N–H and O–H groups in total. The highest BCUT2D eigenvalue weighted by atomic mass is 19.4. The van der Waals surface area contributed by atoms with Crippen LogP contribution in [0.15, 0.2) is 46.9 Å². The summed E-state index contributed by atoms with van der Waals surface area (Å²) < 4.78 is 50.3. The number of oxazole rings is 1. The Kier molecular flexibility index (Phi) is 4.60. The van der Waals surface area contributed by atoms with Gasteiger partial charge in [0.25, 0.3) is 5.91 Å². The molecule has 0 radical (unpaired) electrons. The van der Waals surface area contributed by atoms with Gasteiger partial charge in [-0.05, 0) is 30.3 Å². The van der Waals surface area contributed by atoms with Crippen LogP contribution in [0.5, 0.6) is 5.75 Å². The van der Waals surface area contributed by atoms with Crippen LogP contribution in [0.25, 0.3) is 11.1 Å². The van der Waals surface area contributed by atoms with Crippen molar-refractivity contribution in [2.75, 3.05) is 25.5 Å². The highest BCUT2D eigenvalue weighted by Gasteiger charge is 2.33. The Morgan fingerprint density at radius 3 is 2.72 bits per heavy atom. The number of halogens is 3. The van der Waals surface area contributed by atoms with Gasteiger partial charge in [-0.1, -0.05) is 12.1 Å². The summed E-state index contributed by atoms with van der Waals surface area (Å²) in [7, 11) is 3.30. The number of ether oxygens (including phenoxy) is 1. The maximum Gasteiger partial charge on any atom is 0.416 e. The number of rotatable bonds is 3. The largest absolute Gasteiger partial charge is 0.477 e. The minimum atomic E-state index is -4.45. The number of aromatic nitrogens is 1. The van der Waals surface area contributed by atoms with Gasteiger partial charge in [-0.3, -0.25) is 4.79 Å². The molecule has 0 saturated carbocycles. The molecule has 2 aromatic carbocycles. The fourth-order valence-electron chi connectivity index (χ4n) is 3.26. The molecule has 0 unspecified atom stereocenters. The van der Waals surface area contributed by atoms with Gasteiger partial charge in [-0.15, -0.1) is 0 Å². The number of para-hydroxylation sites is 2. The Labute approximate surface area is 164 Å². The molecule has 3 aromatic rings. The maximum atomic E-state index is 12.9. The second kappa shape index (κ2) is 6.98. The first-order chi connectivity index (χ1) is 13.7. The van der Waals surface area contributed by atoms with Gasteiger partial charge in [0, 0.05) is 14.1 Å². The normalized spacial score (nSPS) is 16.4. The van der Waals surface area contributed by atoms with Gasteiger partial charge in [-0.25, -0.2) is 4.98 Å². The van der Waals surface area contributed by atoms with Crippen molar-refractivity contribution in [1.82, 2.24) is 9.88 Å². The van der Waals surface area contributed by atoms with Crippen LogP contribution in [-0.4, -0.2) is 42.5 Å². The smallest absolute Gasteiger partial charge is 0.416 e. The van der Waals surface area contributed by atoms with Gasteiger partial charge < -0.3 is 19.0 Å². The van der Waals surface area contributed by atoms with E-state index in [-0.39, 0.29) is 36.0 Å². The Morgan fingerprint density at radius 2 is 2.00 bits per heavy atom. The molecule has 0 fully saturated rings. The molecule has 9 heteroatoms. The summed E-state index contributed by atoms with van der Waals surface area (Å²) in [5, 5.41) is 0. The number of alkyl halides is 3. The van der Waals surface area contributed by atoms with Gasteiger partial charge in [0.2, 0.25) is 5.89 Å². The SMILES string of the molecule is CN(C)C(=O)[C@H]1CN(Cc2nc3cc(C(F)(F)F)ccc3o2)c2ccccc2O1. The minimum absolute atomic E-state index is 0.136. The number of anilines is 1. The average molecular weight is 405 g/mol. The first kappa shape index (κ1) is 19.1. The van der Waals surface area contributed by atoms with E-state index < -0.39 is 17.8 Å². The third kappa shape index (κ3) is 3.72. The van der Waals surface area contributed by atoms with Gasteiger partial charge >= 0.3 is 6.18 Å². The number of fused-ring (bicyclic) bond motifs is 2. The topological polar surface area (TPSA) is 58.8 Å². The van der Waals surface area contributed by atoms with Gasteiger partial charge in [0.05, 0.1) is 24.3 Å². The minimum Gasteiger partial charge on any atom is -0.477 e. The molecule has 152 valence electrons. The van der Waals surface area contributed by atoms with Gasteiger partial charge in [-0.2, -0.15) is 13.2 Å². The third-order valence-corrected chi connectivity index (χ3v) is 4.66. The average Bonchev–Trinajstić information content (AvgIpc) is 3.08. The lowest BCUT2D eigenvalue weighted by atomic mass is 10.1. The van der Waals surface area contributed by atoms with Crippen LogP contribution in [0.4, 0.5) is 18.9 Å². The predicted molar refractivity (Wildman–Crippen MR) is 99.6 cm³/mol. The zero-order valence-corrected chi connectivity index (χ0v) is 15.7. The van der Waals surface area contributed by atoms with Crippen molar-refractivity contribution >= 4 is 22.7 Å².